The van der Waals surface area contributed by atoms with Crippen molar-refractivity contribution in [3.63, 3.8) is 0 Å². The number of nitrogens with two attached hydrogens (primary N) is 4. The number of nitrogens with zero attached hydrogens (tertiary/aromatic N) is 3. The number of unbranched alkanes of at least 4 members (excludes halogenated alkanes) is 1. The van der Waals surface area contributed by atoms with Crippen molar-refractivity contribution >= 4 is 132 Å². The van der Waals surface area contributed by atoms with Crippen molar-refractivity contribution in [1.82, 2.24) is 73.0 Å². The Kier molecular flexibility index (Phi) is 32.8. The molecule has 2 aromatic carbocycles. The number of aliphatic imine (C=N–C) groups is 1. The number of hydrogen-bond donors (Lipinski definition) is 20. The number of amides is 12. The molecule has 1 aliphatic heterocycles. The summed E-state index contributed by atoms with van der Waals surface area (Å²) in [7, 11) is 0. The molecule has 21 N–H and O–H groups in total. The van der Waals surface area contributed by atoms with Crippen molar-refractivity contribution in [2.24, 2.45) is 33.8 Å². The van der Waals surface area contributed by atoms with Crippen LogP contribution in [0.15, 0.2) is 78.3 Å². The lowest BCUT2D eigenvalue weighted by Crippen LogP contribution is -2.60. The van der Waals surface area contributed by atoms with Crippen LogP contribution in [-0.4, -0.2) is 205 Å². The molecule has 1 fully saturated rings. The van der Waals surface area contributed by atoms with E-state index in [1.54, 1.807) is 62.5 Å². The van der Waals surface area contributed by atoms with Gasteiger partial charge in [-0.2, -0.15) is 37.9 Å². The van der Waals surface area contributed by atoms with Crippen LogP contribution in [0.3, 0.4) is 0 Å². The van der Waals surface area contributed by atoms with Crippen molar-refractivity contribution < 1.29 is 67.4 Å². The van der Waals surface area contributed by atoms with E-state index in [0.717, 1.165) is 0 Å². The number of aromatic amines is 2. The SMILES string of the molecule is CC(=O)N[C@@H](CS)C(=O)N[C@@H](CS)C(=O)N[C@@H](CCC(=O)O)C(=O)N[C@@H](Cc1cnc[nH]1)C(=O)N[C@H](C(=O)N[C@@H](CCCN=C(N)N)C(=O)N[C@@H](Cc1c[nH]c2ccccc12)C(=O)N[C@@H](CS)C(=O)N[C@@H](CCCCN)C(=O)N1CCC[C@H]1C(=O)N[C@H](C(N)=O)C(C)C)c1ccccc1. The molecule has 4 aromatic rings. The van der Waals surface area contributed by atoms with Gasteiger partial charge in [0.2, 0.25) is 70.9 Å². The van der Waals surface area contributed by atoms with Gasteiger partial charge >= 0.3 is 5.97 Å². The first kappa shape index (κ1) is 80.3. The van der Waals surface area contributed by atoms with Gasteiger partial charge in [0.05, 0.1) is 6.33 Å². The standard InChI is InChI=1S/C63H91N19O14S3/c1-33(2)50(52(65)86)80-60(94)48-19-12-24-82(48)62(96)42(17-9-10-22-64)75-59(93)47(31-99)78-55(89)43(25-36-27-70-39-16-8-7-15-38(36)39)76-53(87)40(18-11-23-69-63(66)67)74-61(95)51(35-13-5-4-6-14-35)81-56(90)44(26-37-28-68-32-71-37)77-54(88)41(20-21-49(84)85)73-58(92)46(30-98)79-57(91)45(29-97)72-34(3)83/h4-8,13-16,27-28,32-33,40-48,50-51,70,97-99H,9-12,17-26,29-31,64H2,1-3H3,(H2,65,86)(H,68,71)(H,72,83)(H,73,92)(H,74,95)(H,75,93)(H,76,87)(H,77,88)(H,78,89)(H,79,91)(H,80,94)(H,81,90)(H,84,85)(H4,66,67,69)/t40-,41-,42-,43-,44-,45-,46-,47-,48-,50-,51-/m0/s1. The number of carboxylic acids is 1. The number of para-hydroxylation sites is 1. The fourth-order valence-corrected chi connectivity index (χ4v) is 11.6. The highest BCUT2D eigenvalue weighted by Gasteiger charge is 2.41. The number of fused-ring (bicyclic) bond motifs is 1. The first-order valence-corrected chi connectivity index (χ1v) is 34.1. The molecule has 0 aliphatic carbocycles. The minimum Gasteiger partial charge on any atom is -0.481 e. The molecular formula is C63H91N19O14S3. The van der Waals surface area contributed by atoms with Gasteiger partial charge in [0.25, 0.3) is 0 Å². The number of hydrogen-bond acceptors (Lipinski definition) is 19. The third-order valence-corrected chi connectivity index (χ3v) is 17.2. The zero-order chi connectivity index (χ0) is 72.9. The van der Waals surface area contributed by atoms with Gasteiger partial charge in [0.1, 0.15) is 66.5 Å². The third-order valence-electron chi connectivity index (χ3n) is 16.1. The first-order chi connectivity index (χ1) is 47.2. The number of guanidine groups is 1. The maximum Gasteiger partial charge on any atom is 0.303 e. The van der Waals surface area contributed by atoms with Gasteiger partial charge < -0.3 is 96.1 Å². The fraction of sp³-hybridized carbons (Fsp3) is 0.508. The van der Waals surface area contributed by atoms with E-state index in [9.17, 15) is 57.8 Å². The number of H-pyrrole nitrogens is 2. The lowest BCUT2D eigenvalue weighted by Gasteiger charge is -2.31. The van der Waals surface area contributed by atoms with Gasteiger partial charge in [-0.05, 0) is 81.0 Å². The monoisotopic (exact) mass is 1430 g/mol. The molecule has 5 rings (SSSR count). The lowest BCUT2D eigenvalue weighted by molar-refractivity contribution is -0.142. The number of primary amides is 1. The van der Waals surface area contributed by atoms with E-state index in [4.69, 9.17) is 22.9 Å². The fourth-order valence-electron chi connectivity index (χ4n) is 10.8. The summed E-state index contributed by atoms with van der Waals surface area (Å²) in [5.41, 5.74) is 24.4. The van der Waals surface area contributed by atoms with Crippen LogP contribution >= 0.6 is 37.9 Å². The summed E-state index contributed by atoms with van der Waals surface area (Å²) in [6.07, 6.45) is 4.04. The highest BCUT2D eigenvalue weighted by molar-refractivity contribution is 7.80. The molecular weight excluding hydrogens is 1340 g/mol. The molecule has 3 heterocycles. The Bertz CT molecular complexity index is 3470. The van der Waals surface area contributed by atoms with Crippen LogP contribution in [0.2, 0.25) is 0 Å². The second kappa shape index (κ2) is 40.5. The number of imidazole rings is 1. The normalized spacial score (nSPS) is 15.7. The Morgan fingerprint density at radius 3 is 1.71 bits per heavy atom. The van der Waals surface area contributed by atoms with Gasteiger partial charge in [-0.3, -0.25) is 67.3 Å². The van der Waals surface area contributed by atoms with Gasteiger partial charge in [0.15, 0.2) is 5.96 Å². The van der Waals surface area contributed by atoms with E-state index in [0.29, 0.717) is 41.4 Å². The number of carboxylic acid groups (broad SMARTS) is 1. The van der Waals surface area contributed by atoms with Crippen LogP contribution in [0, 0.1) is 5.92 Å². The number of nitrogens with one attached hydrogen (secondary N) is 12. The van der Waals surface area contributed by atoms with Crippen molar-refractivity contribution in [3.05, 3.63) is 90.1 Å². The minimum absolute atomic E-state index is 0.0456. The number of likely N-dealkylation sites (tertiary alicyclic amines) is 1. The molecule has 33 nitrogen and oxygen atoms in total. The second-order valence-corrected chi connectivity index (χ2v) is 25.0. The zero-order valence-electron chi connectivity index (χ0n) is 55.1. The van der Waals surface area contributed by atoms with E-state index < -0.39 is 156 Å². The minimum atomic E-state index is -1.67. The van der Waals surface area contributed by atoms with Crippen LogP contribution < -0.4 is 76.1 Å². The molecule has 12 amide bonds. The number of aliphatic carboxylic acids is 1. The number of thiol groups is 3. The highest BCUT2D eigenvalue weighted by Crippen LogP contribution is 2.23. The second-order valence-electron chi connectivity index (χ2n) is 23.9. The molecule has 2 aromatic heterocycles. The quantitative estimate of drug-likeness (QED) is 0.00905. The molecule has 0 radical (unpaired) electrons. The molecule has 99 heavy (non-hydrogen) atoms. The van der Waals surface area contributed by atoms with Crippen LogP contribution in [-0.2, 0) is 75.2 Å². The topological polar surface area (TPSA) is 527 Å². The zero-order valence-corrected chi connectivity index (χ0v) is 57.8. The largest absolute Gasteiger partial charge is 0.481 e. The third kappa shape index (κ3) is 25.1. The molecule has 0 bridgehead atoms. The number of carbonyl (C=O) groups is 13. The predicted molar refractivity (Wildman–Crippen MR) is 375 cm³/mol. The van der Waals surface area contributed by atoms with E-state index >= 15 is 9.59 Å². The summed E-state index contributed by atoms with van der Waals surface area (Å²) < 4.78 is 0. The molecule has 0 spiro atoms. The molecule has 1 aliphatic rings. The summed E-state index contributed by atoms with van der Waals surface area (Å²) in [5.74, 6) is -12.8. The van der Waals surface area contributed by atoms with Crippen molar-refractivity contribution in [2.75, 3.05) is 36.9 Å². The summed E-state index contributed by atoms with van der Waals surface area (Å²) in [6.45, 7) is 4.97. The molecule has 36 heteroatoms. The van der Waals surface area contributed by atoms with E-state index in [1.807, 2.05) is 0 Å². The molecule has 1 saturated heterocycles. The number of benzene rings is 2. The Morgan fingerprint density at radius 2 is 1.14 bits per heavy atom. The van der Waals surface area contributed by atoms with Crippen LogP contribution in [0.25, 0.3) is 10.9 Å². The number of aromatic nitrogens is 3. The summed E-state index contributed by atoms with van der Waals surface area (Å²) >= 11 is 12.7. The first-order valence-electron chi connectivity index (χ1n) is 32.2. The number of carbonyl (C=O) groups excluding carboxylic acids is 12. The number of rotatable bonds is 41. The van der Waals surface area contributed by atoms with Crippen molar-refractivity contribution in [2.45, 2.75) is 158 Å². The van der Waals surface area contributed by atoms with E-state index in [-0.39, 0.29) is 92.9 Å². The Balaban J connectivity index is 1.45. The Hall–Kier alpha value is -9.42. The van der Waals surface area contributed by atoms with Gasteiger partial charge in [0, 0.05) is 85.5 Å². The molecule has 0 saturated carbocycles. The summed E-state index contributed by atoms with van der Waals surface area (Å²) in [4.78, 5) is 195. The molecule has 0 unspecified atom stereocenters. The molecule has 11 atom stereocenters. The average Bonchev–Trinajstić information content (AvgIpc) is 1.77. The predicted octanol–water partition coefficient (Wildman–Crippen LogP) is -3.11. The van der Waals surface area contributed by atoms with Gasteiger partial charge in [-0.25, -0.2) is 4.98 Å². The smallest absolute Gasteiger partial charge is 0.303 e. The van der Waals surface area contributed by atoms with Crippen LogP contribution in [0.4, 0.5) is 0 Å². The van der Waals surface area contributed by atoms with Gasteiger partial charge in [-0.1, -0.05) is 62.4 Å². The maximum atomic E-state index is 15.0. The van der Waals surface area contributed by atoms with Gasteiger partial charge in [-0.15, -0.1) is 0 Å². The maximum absolute atomic E-state index is 15.0. The summed E-state index contributed by atoms with van der Waals surface area (Å²) in [5, 5.41) is 36.4. The molecule has 540 valence electrons. The Morgan fingerprint density at radius 1 is 0.616 bits per heavy atom. The van der Waals surface area contributed by atoms with E-state index in [1.165, 1.54) is 36.5 Å². The van der Waals surface area contributed by atoms with E-state index in [2.05, 4.69) is 111 Å². The lowest BCUT2D eigenvalue weighted by atomic mass is 10.0. The van der Waals surface area contributed by atoms with Crippen LogP contribution in [0.5, 0.6) is 0 Å². The van der Waals surface area contributed by atoms with Crippen molar-refractivity contribution in [1.29, 1.82) is 0 Å². The van der Waals surface area contributed by atoms with Crippen LogP contribution in [0.1, 0.15) is 101 Å². The van der Waals surface area contributed by atoms with Crippen molar-refractivity contribution in [3.8, 4) is 0 Å². The highest BCUT2D eigenvalue weighted by atomic mass is 32.1. The average molecular weight is 1430 g/mol. The summed E-state index contributed by atoms with van der Waals surface area (Å²) in [6, 6.07) is -0.402. The Labute approximate surface area is 588 Å².